The zero-order chi connectivity index (χ0) is 16.0. The van der Waals surface area contributed by atoms with E-state index in [0.29, 0.717) is 17.5 Å². The van der Waals surface area contributed by atoms with Gasteiger partial charge in [-0.3, -0.25) is 0 Å². The van der Waals surface area contributed by atoms with Gasteiger partial charge in [0.2, 0.25) is 0 Å². The average Bonchev–Trinajstić information content (AvgIpc) is 2.47. The summed E-state index contributed by atoms with van der Waals surface area (Å²) in [5.41, 5.74) is 11.0. The summed E-state index contributed by atoms with van der Waals surface area (Å²) in [6.07, 6.45) is 7.26. The van der Waals surface area contributed by atoms with Gasteiger partial charge in [-0.05, 0) is 72.6 Å². The van der Waals surface area contributed by atoms with Crippen LogP contribution in [-0.2, 0) is 10.8 Å². The lowest BCUT2D eigenvalue weighted by Gasteiger charge is -2.42. The van der Waals surface area contributed by atoms with Crippen molar-refractivity contribution in [1.29, 1.82) is 0 Å². The van der Waals surface area contributed by atoms with Crippen molar-refractivity contribution in [2.24, 2.45) is 5.73 Å². The minimum Gasteiger partial charge on any atom is -0.382 e. The molecule has 0 amide bonds. The lowest BCUT2D eigenvalue weighted by molar-refractivity contribution is 0.332. The molecule has 22 heavy (non-hydrogen) atoms. The molecule has 0 heterocycles. The van der Waals surface area contributed by atoms with Crippen LogP contribution in [0.2, 0.25) is 0 Å². The number of nitrogens with two attached hydrogens (primary N) is 1. The Labute approximate surface area is 135 Å². The van der Waals surface area contributed by atoms with Crippen molar-refractivity contribution < 1.29 is 0 Å². The van der Waals surface area contributed by atoms with E-state index < -0.39 is 0 Å². The van der Waals surface area contributed by atoms with Gasteiger partial charge in [0, 0.05) is 17.8 Å². The van der Waals surface area contributed by atoms with Gasteiger partial charge in [0.25, 0.3) is 0 Å². The van der Waals surface area contributed by atoms with Gasteiger partial charge in [0.05, 0.1) is 0 Å². The number of rotatable bonds is 2. The van der Waals surface area contributed by atoms with Crippen molar-refractivity contribution in [3.8, 4) is 0 Å². The van der Waals surface area contributed by atoms with E-state index in [1.165, 1.54) is 31.4 Å². The Bertz CT molecular complexity index is 537. The molecule has 2 heteroatoms. The van der Waals surface area contributed by atoms with Crippen LogP contribution in [0.15, 0.2) is 18.2 Å². The molecule has 1 saturated carbocycles. The second-order valence-electron chi connectivity index (χ2n) is 8.78. The van der Waals surface area contributed by atoms with Gasteiger partial charge in [-0.15, -0.1) is 0 Å². The quantitative estimate of drug-likeness (QED) is 0.829. The first-order chi connectivity index (χ1) is 10.3. The van der Waals surface area contributed by atoms with Crippen LogP contribution in [0, 0.1) is 0 Å². The van der Waals surface area contributed by atoms with E-state index >= 15 is 0 Å². The summed E-state index contributed by atoms with van der Waals surface area (Å²) in [6, 6.07) is 8.09. The number of nitrogens with one attached hydrogen (secondary N) is 1. The van der Waals surface area contributed by atoms with Gasteiger partial charge in [-0.1, -0.05) is 33.8 Å². The molecule has 2 aliphatic carbocycles. The number of anilines is 1. The fraction of sp³-hybridized carbons (Fsp3) is 0.700. The van der Waals surface area contributed by atoms with Gasteiger partial charge < -0.3 is 11.1 Å². The normalized spacial score (nSPS) is 29.7. The maximum Gasteiger partial charge on any atom is 0.0345 e. The molecular formula is C20H32N2. The topological polar surface area (TPSA) is 38.0 Å². The fourth-order valence-electron chi connectivity index (χ4n) is 4.18. The van der Waals surface area contributed by atoms with Crippen LogP contribution in [0.25, 0.3) is 0 Å². The van der Waals surface area contributed by atoms with Crippen molar-refractivity contribution >= 4 is 5.69 Å². The summed E-state index contributed by atoms with van der Waals surface area (Å²) < 4.78 is 0. The number of fused-ring (bicyclic) bond motifs is 1. The van der Waals surface area contributed by atoms with Gasteiger partial charge in [0.15, 0.2) is 0 Å². The zero-order valence-electron chi connectivity index (χ0n) is 14.7. The van der Waals surface area contributed by atoms with E-state index in [0.717, 1.165) is 12.8 Å². The smallest absolute Gasteiger partial charge is 0.0345 e. The van der Waals surface area contributed by atoms with E-state index in [2.05, 4.69) is 51.2 Å². The van der Waals surface area contributed by atoms with E-state index in [1.807, 2.05) is 0 Å². The Kier molecular flexibility index (Phi) is 4.01. The van der Waals surface area contributed by atoms with Crippen molar-refractivity contribution in [1.82, 2.24) is 0 Å². The number of hydrogen-bond donors (Lipinski definition) is 2. The third-order valence-electron chi connectivity index (χ3n) is 6.00. The first-order valence-electron chi connectivity index (χ1n) is 8.95. The molecule has 1 aromatic rings. The molecule has 0 saturated heterocycles. The van der Waals surface area contributed by atoms with Crippen molar-refractivity contribution in [3.05, 3.63) is 29.3 Å². The van der Waals surface area contributed by atoms with Crippen molar-refractivity contribution in [2.45, 2.75) is 89.1 Å². The van der Waals surface area contributed by atoms with Gasteiger partial charge in [-0.2, -0.15) is 0 Å². The fourth-order valence-corrected chi connectivity index (χ4v) is 4.18. The second-order valence-corrected chi connectivity index (χ2v) is 8.78. The Hall–Kier alpha value is -1.02. The zero-order valence-corrected chi connectivity index (χ0v) is 14.7. The lowest BCUT2D eigenvalue weighted by Crippen LogP contribution is -2.35. The third kappa shape index (κ3) is 3.03. The summed E-state index contributed by atoms with van der Waals surface area (Å²) in [6.45, 7) is 9.56. The lowest BCUT2D eigenvalue weighted by atomic mass is 9.63. The van der Waals surface area contributed by atoms with Crippen LogP contribution in [0.5, 0.6) is 0 Å². The Balaban J connectivity index is 1.83. The maximum atomic E-state index is 6.02. The average molecular weight is 300 g/mol. The summed E-state index contributed by atoms with van der Waals surface area (Å²) in [4.78, 5) is 0. The standard InChI is InChI=1S/C20H32N2/c1-19(2)11-12-20(3,4)18-13-16(9-10-17(18)19)22-15-7-5-14(21)6-8-15/h9-10,13-15,22H,5-8,11-12,21H2,1-4H3. The van der Waals surface area contributed by atoms with Crippen molar-refractivity contribution in [2.75, 3.05) is 5.32 Å². The van der Waals surface area contributed by atoms with Crippen LogP contribution in [0.4, 0.5) is 5.69 Å². The van der Waals surface area contributed by atoms with E-state index in [1.54, 1.807) is 11.1 Å². The van der Waals surface area contributed by atoms with Gasteiger partial charge in [-0.25, -0.2) is 0 Å². The van der Waals surface area contributed by atoms with E-state index in [4.69, 9.17) is 5.73 Å². The second kappa shape index (κ2) is 5.56. The molecule has 0 bridgehead atoms. The van der Waals surface area contributed by atoms with Crippen LogP contribution in [0.3, 0.4) is 0 Å². The van der Waals surface area contributed by atoms with Gasteiger partial charge in [0.1, 0.15) is 0 Å². The van der Waals surface area contributed by atoms with E-state index in [9.17, 15) is 0 Å². The summed E-state index contributed by atoms with van der Waals surface area (Å²) >= 11 is 0. The molecule has 1 aromatic carbocycles. The van der Waals surface area contributed by atoms with Crippen LogP contribution < -0.4 is 11.1 Å². The SMILES string of the molecule is CC1(C)CCC(C)(C)c2cc(NC3CCC(N)CC3)ccc21. The Morgan fingerprint density at radius 3 is 2.14 bits per heavy atom. The molecule has 2 aliphatic rings. The molecule has 0 aliphatic heterocycles. The highest BCUT2D eigenvalue weighted by Gasteiger charge is 2.37. The van der Waals surface area contributed by atoms with Crippen LogP contribution in [0.1, 0.15) is 77.3 Å². The predicted molar refractivity (Wildman–Crippen MR) is 95.6 cm³/mol. The molecular weight excluding hydrogens is 268 g/mol. The highest BCUT2D eigenvalue weighted by atomic mass is 14.9. The predicted octanol–water partition coefficient (Wildman–Crippen LogP) is 4.72. The minimum atomic E-state index is 0.289. The first-order valence-corrected chi connectivity index (χ1v) is 8.95. The Morgan fingerprint density at radius 2 is 1.50 bits per heavy atom. The molecule has 0 unspecified atom stereocenters. The number of benzene rings is 1. The Morgan fingerprint density at radius 1 is 0.909 bits per heavy atom. The largest absolute Gasteiger partial charge is 0.382 e. The molecule has 1 fully saturated rings. The summed E-state index contributed by atoms with van der Waals surface area (Å²) in [7, 11) is 0. The molecule has 3 rings (SSSR count). The molecule has 3 N–H and O–H groups in total. The van der Waals surface area contributed by atoms with Crippen LogP contribution in [-0.4, -0.2) is 12.1 Å². The highest BCUT2D eigenvalue weighted by molar-refractivity contribution is 5.54. The molecule has 0 radical (unpaired) electrons. The summed E-state index contributed by atoms with van der Waals surface area (Å²) in [5.74, 6) is 0. The molecule has 0 atom stereocenters. The first kappa shape index (κ1) is 15.9. The van der Waals surface area contributed by atoms with Gasteiger partial charge >= 0.3 is 0 Å². The minimum absolute atomic E-state index is 0.289. The molecule has 0 spiro atoms. The highest BCUT2D eigenvalue weighted by Crippen LogP contribution is 2.46. The summed E-state index contributed by atoms with van der Waals surface area (Å²) in [5, 5.41) is 3.76. The van der Waals surface area contributed by atoms with E-state index in [-0.39, 0.29) is 5.41 Å². The molecule has 122 valence electrons. The molecule has 2 nitrogen and oxygen atoms in total. The molecule has 0 aromatic heterocycles. The third-order valence-corrected chi connectivity index (χ3v) is 6.00. The van der Waals surface area contributed by atoms with Crippen molar-refractivity contribution in [3.63, 3.8) is 0 Å². The monoisotopic (exact) mass is 300 g/mol. The number of hydrogen-bond acceptors (Lipinski definition) is 2. The maximum absolute atomic E-state index is 6.02. The van der Waals surface area contributed by atoms with Crippen LogP contribution >= 0.6 is 0 Å².